The predicted molar refractivity (Wildman–Crippen MR) is 94.5 cm³/mol. The highest BCUT2D eigenvalue weighted by Gasteiger charge is 2.07. The van der Waals surface area contributed by atoms with Crippen LogP contribution in [0.15, 0.2) is 65.8 Å². The molecule has 0 aliphatic carbocycles. The summed E-state index contributed by atoms with van der Waals surface area (Å²) in [5, 5.41) is 9.86. The van der Waals surface area contributed by atoms with E-state index in [-0.39, 0.29) is 5.75 Å². The SMILES string of the molecule is Nc1cc(O)ccc1-c1ccccc1C=Nc1cccnc1Cl. The number of anilines is 1. The van der Waals surface area contributed by atoms with Crippen molar-refractivity contribution in [3.8, 4) is 16.9 Å². The smallest absolute Gasteiger partial charge is 0.154 e. The first-order chi connectivity index (χ1) is 11.1. The van der Waals surface area contributed by atoms with Gasteiger partial charge in [0.05, 0.1) is 0 Å². The molecule has 0 aliphatic heterocycles. The number of rotatable bonds is 3. The van der Waals surface area contributed by atoms with E-state index in [1.165, 1.54) is 6.07 Å². The van der Waals surface area contributed by atoms with Gasteiger partial charge in [0.25, 0.3) is 0 Å². The molecule has 23 heavy (non-hydrogen) atoms. The molecule has 0 unspecified atom stereocenters. The minimum atomic E-state index is 0.138. The zero-order chi connectivity index (χ0) is 16.2. The number of phenols is 1. The molecule has 0 bridgehead atoms. The third-order valence-electron chi connectivity index (χ3n) is 3.37. The molecule has 2 aromatic carbocycles. The van der Waals surface area contributed by atoms with E-state index in [0.29, 0.717) is 16.5 Å². The molecule has 3 N–H and O–H groups in total. The summed E-state index contributed by atoms with van der Waals surface area (Å²) < 4.78 is 0. The van der Waals surface area contributed by atoms with Gasteiger partial charge in [0, 0.05) is 35.3 Å². The van der Waals surface area contributed by atoms with E-state index >= 15 is 0 Å². The highest BCUT2D eigenvalue weighted by atomic mass is 35.5. The summed E-state index contributed by atoms with van der Waals surface area (Å²) in [6.07, 6.45) is 3.34. The number of hydrogen-bond acceptors (Lipinski definition) is 4. The first-order valence-corrected chi connectivity index (χ1v) is 7.35. The van der Waals surface area contributed by atoms with E-state index in [4.69, 9.17) is 17.3 Å². The van der Waals surface area contributed by atoms with Crippen molar-refractivity contribution >= 4 is 29.2 Å². The van der Waals surface area contributed by atoms with E-state index in [1.807, 2.05) is 24.3 Å². The first-order valence-electron chi connectivity index (χ1n) is 6.97. The average Bonchev–Trinajstić information content (AvgIpc) is 2.55. The lowest BCUT2D eigenvalue weighted by atomic mass is 9.98. The first kappa shape index (κ1) is 15.1. The second-order valence-corrected chi connectivity index (χ2v) is 5.29. The fourth-order valence-electron chi connectivity index (χ4n) is 2.26. The van der Waals surface area contributed by atoms with Gasteiger partial charge in [0.1, 0.15) is 11.4 Å². The van der Waals surface area contributed by atoms with Crippen LogP contribution in [-0.2, 0) is 0 Å². The van der Waals surface area contributed by atoms with Gasteiger partial charge in [0.15, 0.2) is 5.15 Å². The lowest BCUT2D eigenvalue weighted by Gasteiger charge is -2.09. The van der Waals surface area contributed by atoms with Crippen molar-refractivity contribution < 1.29 is 5.11 Å². The molecule has 1 aromatic heterocycles. The number of phenolic OH excluding ortho intramolecular Hbond substituents is 1. The number of nitrogens with zero attached hydrogens (tertiary/aromatic N) is 2. The van der Waals surface area contributed by atoms with Gasteiger partial charge >= 0.3 is 0 Å². The van der Waals surface area contributed by atoms with Gasteiger partial charge in [-0.1, -0.05) is 35.9 Å². The van der Waals surface area contributed by atoms with E-state index in [2.05, 4.69) is 9.98 Å². The highest BCUT2D eigenvalue weighted by Crippen LogP contribution is 2.31. The molecule has 0 saturated heterocycles. The molecule has 1 heterocycles. The van der Waals surface area contributed by atoms with Crippen LogP contribution in [0, 0.1) is 0 Å². The summed E-state index contributed by atoms with van der Waals surface area (Å²) in [5.41, 5.74) is 9.78. The third-order valence-corrected chi connectivity index (χ3v) is 3.66. The van der Waals surface area contributed by atoms with Crippen LogP contribution < -0.4 is 5.73 Å². The van der Waals surface area contributed by atoms with Crippen molar-refractivity contribution in [2.75, 3.05) is 5.73 Å². The molecule has 3 rings (SSSR count). The summed E-state index contributed by atoms with van der Waals surface area (Å²) in [7, 11) is 0. The maximum atomic E-state index is 9.51. The molecular weight excluding hydrogens is 310 g/mol. The Balaban J connectivity index is 2.03. The van der Waals surface area contributed by atoms with Crippen LogP contribution in [0.25, 0.3) is 11.1 Å². The Bertz CT molecular complexity index is 878. The van der Waals surface area contributed by atoms with Crippen molar-refractivity contribution in [3.63, 3.8) is 0 Å². The van der Waals surface area contributed by atoms with Crippen LogP contribution in [-0.4, -0.2) is 16.3 Å². The van der Waals surface area contributed by atoms with Crippen LogP contribution in [0.3, 0.4) is 0 Å². The minimum absolute atomic E-state index is 0.138. The van der Waals surface area contributed by atoms with Crippen molar-refractivity contribution in [1.29, 1.82) is 0 Å². The fourth-order valence-corrected chi connectivity index (χ4v) is 2.43. The maximum Gasteiger partial charge on any atom is 0.154 e. The van der Waals surface area contributed by atoms with E-state index in [1.54, 1.807) is 36.7 Å². The number of benzene rings is 2. The van der Waals surface area contributed by atoms with Gasteiger partial charge < -0.3 is 10.8 Å². The van der Waals surface area contributed by atoms with Crippen molar-refractivity contribution in [1.82, 2.24) is 4.98 Å². The molecule has 0 fully saturated rings. The topological polar surface area (TPSA) is 71.5 Å². The summed E-state index contributed by atoms with van der Waals surface area (Å²) in [4.78, 5) is 8.40. The summed E-state index contributed by atoms with van der Waals surface area (Å²) in [6, 6.07) is 16.2. The van der Waals surface area contributed by atoms with Crippen LogP contribution >= 0.6 is 11.6 Å². The molecule has 0 aliphatic rings. The van der Waals surface area contributed by atoms with Crippen LogP contribution in [0.4, 0.5) is 11.4 Å². The molecule has 0 atom stereocenters. The molecule has 0 amide bonds. The lowest BCUT2D eigenvalue weighted by Crippen LogP contribution is -1.93. The number of nitrogens with two attached hydrogens (primary N) is 1. The van der Waals surface area contributed by atoms with Gasteiger partial charge in [-0.2, -0.15) is 0 Å². The normalized spacial score (nSPS) is 11.0. The van der Waals surface area contributed by atoms with Crippen molar-refractivity contribution in [2.24, 2.45) is 4.99 Å². The average molecular weight is 324 g/mol. The van der Waals surface area contributed by atoms with Crippen molar-refractivity contribution in [2.45, 2.75) is 0 Å². The van der Waals surface area contributed by atoms with E-state index in [0.717, 1.165) is 16.7 Å². The van der Waals surface area contributed by atoms with Crippen LogP contribution in [0.2, 0.25) is 5.15 Å². The zero-order valence-corrected chi connectivity index (χ0v) is 12.9. The maximum absolute atomic E-state index is 9.51. The molecule has 0 saturated carbocycles. The summed E-state index contributed by atoms with van der Waals surface area (Å²) in [5.74, 6) is 0.138. The van der Waals surface area contributed by atoms with Gasteiger partial charge in [-0.25, -0.2) is 4.98 Å². The highest BCUT2D eigenvalue weighted by molar-refractivity contribution is 6.31. The number of hydrogen-bond donors (Lipinski definition) is 2. The number of aromatic hydroxyl groups is 1. The molecule has 114 valence electrons. The molecular formula is C18H14ClN3O. The fraction of sp³-hybridized carbons (Fsp3) is 0. The standard InChI is InChI=1S/C18H14ClN3O/c19-18-17(6-3-9-21-18)22-11-12-4-1-2-5-14(12)15-8-7-13(23)10-16(15)20/h1-11,23H,20H2. The predicted octanol–water partition coefficient (Wildman–Crippen LogP) is 4.44. The molecule has 0 radical (unpaired) electrons. The Labute approximate surface area is 138 Å². The summed E-state index contributed by atoms with van der Waals surface area (Å²) >= 11 is 6.02. The number of pyridine rings is 1. The monoisotopic (exact) mass is 323 g/mol. The summed E-state index contributed by atoms with van der Waals surface area (Å²) in [6.45, 7) is 0. The molecule has 4 nitrogen and oxygen atoms in total. The Morgan fingerprint density at radius 1 is 1.04 bits per heavy atom. The van der Waals surface area contributed by atoms with Crippen molar-refractivity contribution in [3.05, 3.63) is 71.5 Å². The van der Waals surface area contributed by atoms with Gasteiger partial charge in [0.2, 0.25) is 0 Å². The van der Waals surface area contributed by atoms with Gasteiger partial charge in [-0.3, -0.25) is 4.99 Å². The van der Waals surface area contributed by atoms with Crippen LogP contribution in [0.5, 0.6) is 5.75 Å². The number of nitrogen functional groups attached to an aromatic ring is 1. The quantitative estimate of drug-likeness (QED) is 0.425. The Kier molecular flexibility index (Phi) is 4.26. The molecule has 5 heteroatoms. The Morgan fingerprint density at radius 2 is 1.87 bits per heavy atom. The zero-order valence-electron chi connectivity index (χ0n) is 12.1. The van der Waals surface area contributed by atoms with Gasteiger partial charge in [-0.15, -0.1) is 0 Å². The molecule has 0 spiro atoms. The number of aromatic nitrogens is 1. The van der Waals surface area contributed by atoms with E-state index < -0.39 is 0 Å². The lowest BCUT2D eigenvalue weighted by molar-refractivity contribution is 0.476. The Morgan fingerprint density at radius 3 is 2.65 bits per heavy atom. The molecule has 3 aromatic rings. The van der Waals surface area contributed by atoms with E-state index in [9.17, 15) is 5.11 Å². The third kappa shape index (κ3) is 3.33. The van der Waals surface area contributed by atoms with Gasteiger partial charge in [-0.05, 0) is 29.8 Å². The van der Waals surface area contributed by atoms with Crippen LogP contribution in [0.1, 0.15) is 5.56 Å². The number of aliphatic imine (C=N–C) groups is 1. The second-order valence-electron chi connectivity index (χ2n) is 4.93. The Hall–Kier alpha value is -2.85. The minimum Gasteiger partial charge on any atom is -0.508 e. The second kappa shape index (κ2) is 6.50. The largest absolute Gasteiger partial charge is 0.508 e. The number of halogens is 1.